The fourth-order valence-corrected chi connectivity index (χ4v) is 3.60. The molecular weight excluding hydrogens is 408 g/mol. The van der Waals surface area contributed by atoms with E-state index < -0.39 is 15.4 Å². The highest BCUT2D eigenvalue weighted by atomic mass is 32.2. The number of nitrogens with one attached hydrogen (secondary N) is 1. The van der Waals surface area contributed by atoms with Crippen LogP contribution in [0.1, 0.15) is 40.5 Å². The Kier molecular flexibility index (Phi) is 10.9. The van der Waals surface area contributed by atoms with Gasteiger partial charge in [0.1, 0.15) is 15.4 Å². The average Bonchev–Trinajstić information content (AvgIpc) is 2.64. The number of aliphatic imine (C=N–C) groups is 1. The van der Waals surface area contributed by atoms with E-state index in [1.54, 1.807) is 11.9 Å². The maximum Gasteiger partial charge on any atom is 0.410 e. The number of nitrogens with zero attached hydrogens (tertiary/aromatic N) is 3. The molecule has 1 saturated heterocycles. The minimum absolute atomic E-state index is 0.0350. The summed E-state index contributed by atoms with van der Waals surface area (Å²) < 4.78 is 33.0. The molecule has 9 nitrogen and oxygen atoms in total. The standard InChI is InChI=1S/C20H40N4O5S/c1-7-23(19(25)29-20(2,3)4)16-17-8-11-24(12-9-17)18(21-5)22-10-13-28-14-15-30(6,26)27/h17H,7-16H2,1-6H3,(H,21,22). The lowest BCUT2D eigenvalue weighted by molar-refractivity contribution is 0.0214. The second-order valence-corrected chi connectivity index (χ2v) is 10.9. The van der Waals surface area contributed by atoms with Crippen LogP contribution in [0.3, 0.4) is 0 Å². The van der Waals surface area contributed by atoms with E-state index in [4.69, 9.17) is 9.47 Å². The van der Waals surface area contributed by atoms with Crippen molar-refractivity contribution in [2.75, 3.05) is 65.0 Å². The summed E-state index contributed by atoms with van der Waals surface area (Å²) in [6.07, 6.45) is 2.91. The van der Waals surface area contributed by atoms with Crippen molar-refractivity contribution in [3.8, 4) is 0 Å². The van der Waals surface area contributed by atoms with Crippen LogP contribution in [-0.2, 0) is 19.3 Å². The summed E-state index contributed by atoms with van der Waals surface area (Å²) in [4.78, 5) is 20.7. The third-order valence-corrected chi connectivity index (χ3v) is 5.67. The Morgan fingerprint density at radius 1 is 1.23 bits per heavy atom. The normalized spacial score (nSPS) is 16.5. The van der Waals surface area contributed by atoms with Crippen LogP contribution in [-0.4, -0.2) is 101 Å². The van der Waals surface area contributed by atoms with E-state index in [9.17, 15) is 13.2 Å². The van der Waals surface area contributed by atoms with Crippen LogP contribution < -0.4 is 5.32 Å². The molecule has 0 atom stereocenters. The van der Waals surface area contributed by atoms with Crippen LogP contribution in [0.25, 0.3) is 0 Å². The van der Waals surface area contributed by atoms with Gasteiger partial charge in [0.25, 0.3) is 0 Å². The Labute approximate surface area is 182 Å². The van der Waals surface area contributed by atoms with E-state index in [-0.39, 0.29) is 18.5 Å². The summed E-state index contributed by atoms with van der Waals surface area (Å²) in [6, 6.07) is 0. The molecule has 1 heterocycles. The molecule has 0 aromatic carbocycles. The topological polar surface area (TPSA) is 101 Å². The van der Waals surface area contributed by atoms with Crippen molar-refractivity contribution in [2.24, 2.45) is 10.9 Å². The van der Waals surface area contributed by atoms with Crippen molar-refractivity contribution in [2.45, 2.75) is 46.1 Å². The third-order valence-electron chi connectivity index (χ3n) is 4.77. The summed E-state index contributed by atoms with van der Waals surface area (Å²) in [5.41, 5.74) is -0.486. The van der Waals surface area contributed by atoms with E-state index in [2.05, 4.69) is 15.2 Å². The molecule has 0 radical (unpaired) electrons. The Hall–Kier alpha value is -1.55. The molecule has 1 fully saturated rings. The van der Waals surface area contributed by atoms with Gasteiger partial charge in [-0.2, -0.15) is 0 Å². The minimum Gasteiger partial charge on any atom is -0.444 e. The number of piperidine rings is 1. The zero-order chi connectivity index (χ0) is 22.8. The SMILES string of the molecule is CCN(CC1CCN(C(=NC)NCCOCCS(C)(=O)=O)CC1)C(=O)OC(C)(C)C. The Morgan fingerprint density at radius 3 is 2.37 bits per heavy atom. The smallest absolute Gasteiger partial charge is 0.410 e. The molecule has 1 aliphatic rings. The van der Waals surface area contributed by atoms with Crippen LogP contribution in [0.2, 0.25) is 0 Å². The van der Waals surface area contributed by atoms with Gasteiger partial charge in [0.2, 0.25) is 0 Å². The highest BCUT2D eigenvalue weighted by molar-refractivity contribution is 7.90. The van der Waals surface area contributed by atoms with Gasteiger partial charge in [0.15, 0.2) is 5.96 Å². The van der Waals surface area contributed by atoms with Gasteiger partial charge in [-0.1, -0.05) is 0 Å². The number of carbonyl (C=O) groups is 1. The lowest BCUT2D eigenvalue weighted by Crippen LogP contribution is -2.48. The fraction of sp³-hybridized carbons (Fsp3) is 0.900. The van der Waals surface area contributed by atoms with E-state index in [0.29, 0.717) is 32.2 Å². The Balaban J connectivity index is 2.36. The lowest BCUT2D eigenvalue weighted by Gasteiger charge is -2.36. The molecule has 176 valence electrons. The van der Waals surface area contributed by atoms with Gasteiger partial charge in [-0.15, -0.1) is 0 Å². The van der Waals surface area contributed by atoms with Gasteiger partial charge in [0, 0.05) is 46.0 Å². The summed E-state index contributed by atoms with van der Waals surface area (Å²) in [5, 5.41) is 3.26. The first kappa shape index (κ1) is 26.5. The zero-order valence-corrected chi connectivity index (χ0v) is 20.3. The molecular formula is C20H40N4O5S. The first-order chi connectivity index (χ1) is 13.9. The number of likely N-dealkylation sites (tertiary alicyclic amines) is 1. The predicted molar refractivity (Wildman–Crippen MR) is 120 cm³/mol. The first-order valence-electron chi connectivity index (χ1n) is 10.6. The van der Waals surface area contributed by atoms with Gasteiger partial charge in [0.05, 0.1) is 19.0 Å². The number of guanidine groups is 1. The summed E-state index contributed by atoms with van der Waals surface area (Å²) in [7, 11) is -1.24. The van der Waals surface area contributed by atoms with Gasteiger partial charge in [-0.3, -0.25) is 4.99 Å². The molecule has 1 aliphatic heterocycles. The number of ether oxygens (including phenoxy) is 2. The largest absolute Gasteiger partial charge is 0.444 e. The number of hydrogen-bond donors (Lipinski definition) is 1. The van der Waals surface area contributed by atoms with Crippen LogP contribution in [0.4, 0.5) is 4.79 Å². The third kappa shape index (κ3) is 11.0. The molecule has 30 heavy (non-hydrogen) atoms. The van der Waals surface area contributed by atoms with E-state index in [1.165, 1.54) is 6.26 Å². The second-order valence-electron chi connectivity index (χ2n) is 8.67. The monoisotopic (exact) mass is 448 g/mol. The van der Waals surface area contributed by atoms with Crippen molar-refractivity contribution in [3.63, 3.8) is 0 Å². The lowest BCUT2D eigenvalue weighted by atomic mass is 9.96. The molecule has 0 spiro atoms. The molecule has 1 amide bonds. The maximum absolute atomic E-state index is 12.3. The number of carbonyl (C=O) groups excluding carboxylic acids is 1. The second kappa shape index (κ2) is 12.3. The van der Waals surface area contributed by atoms with Crippen LogP contribution in [0.5, 0.6) is 0 Å². The molecule has 10 heteroatoms. The summed E-state index contributed by atoms with van der Waals surface area (Å²) in [6.45, 7) is 11.9. The summed E-state index contributed by atoms with van der Waals surface area (Å²) >= 11 is 0. The number of amides is 1. The average molecular weight is 449 g/mol. The Morgan fingerprint density at radius 2 is 1.87 bits per heavy atom. The molecule has 0 aromatic heterocycles. The van der Waals surface area contributed by atoms with Crippen molar-refractivity contribution >= 4 is 21.9 Å². The van der Waals surface area contributed by atoms with Gasteiger partial charge in [-0.25, -0.2) is 13.2 Å². The molecule has 1 N–H and O–H groups in total. The van der Waals surface area contributed by atoms with E-state index >= 15 is 0 Å². The highest BCUT2D eigenvalue weighted by Gasteiger charge is 2.27. The zero-order valence-electron chi connectivity index (χ0n) is 19.4. The summed E-state index contributed by atoms with van der Waals surface area (Å²) in [5.74, 6) is 1.29. The number of sulfone groups is 1. The molecule has 0 aliphatic carbocycles. The quantitative estimate of drug-likeness (QED) is 0.325. The molecule has 0 aromatic rings. The van der Waals surface area contributed by atoms with Crippen molar-refractivity contribution in [1.82, 2.24) is 15.1 Å². The fourth-order valence-electron chi connectivity index (χ4n) is 3.18. The van der Waals surface area contributed by atoms with Crippen molar-refractivity contribution in [3.05, 3.63) is 0 Å². The van der Waals surface area contributed by atoms with Crippen molar-refractivity contribution in [1.29, 1.82) is 0 Å². The van der Waals surface area contributed by atoms with Crippen LogP contribution in [0, 0.1) is 5.92 Å². The highest BCUT2D eigenvalue weighted by Crippen LogP contribution is 2.20. The van der Waals surface area contributed by atoms with E-state index in [0.717, 1.165) is 31.9 Å². The van der Waals surface area contributed by atoms with Gasteiger partial charge < -0.3 is 24.6 Å². The van der Waals surface area contributed by atoms with E-state index in [1.807, 2.05) is 27.7 Å². The number of rotatable bonds is 9. The van der Waals surface area contributed by atoms with Crippen molar-refractivity contribution < 1.29 is 22.7 Å². The van der Waals surface area contributed by atoms with Gasteiger partial charge in [-0.05, 0) is 46.5 Å². The molecule has 0 saturated carbocycles. The van der Waals surface area contributed by atoms with Crippen LogP contribution in [0.15, 0.2) is 4.99 Å². The van der Waals surface area contributed by atoms with Gasteiger partial charge >= 0.3 is 6.09 Å². The number of hydrogen-bond acceptors (Lipinski definition) is 6. The van der Waals surface area contributed by atoms with Crippen LogP contribution >= 0.6 is 0 Å². The Bertz CT molecular complexity index is 653. The predicted octanol–water partition coefficient (Wildman–Crippen LogP) is 1.59. The molecule has 0 unspecified atom stereocenters. The minimum atomic E-state index is -2.99. The maximum atomic E-state index is 12.3. The molecule has 0 bridgehead atoms. The molecule has 1 rings (SSSR count). The first-order valence-corrected chi connectivity index (χ1v) is 12.7.